The van der Waals surface area contributed by atoms with Crippen LogP contribution < -0.4 is 10.6 Å². The maximum Gasteiger partial charge on any atom is 0.226 e. The van der Waals surface area contributed by atoms with Gasteiger partial charge in [0, 0.05) is 12.5 Å². The lowest BCUT2D eigenvalue weighted by atomic mass is 10.1. The number of carbonyl (C=O) groups is 1. The minimum absolute atomic E-state index is 0.131. The van der Waals surface area contributed by atoms with E-state index >= 15 is 0 Å². The Morgan fingerprint density at radius 3 is 3.14 bits per heavy atom. The lowest BCUT2D eigenvalue weighted by molar-refractivity contribution is -0.116. The fraction of sp³-hybridized carbons (Fsp3) is 0.385. The molecule has 1 fully saturated rings. The summed E-state index contributed by atoms with van der Waals surface area (Å²) >= 11 is 0. The van der Waals surface area contributed by atoms with Crippen molar-refractivity contribution in [2.75, 3.05) is 11.9 Å². The molecule has 2 aromatic rings. The molecule has 0 bridgehead atoms. The third-order valence-electron chi connectivity index (χ3n) is 3.43. The second-order valence-electron chi connectivity index (χ2n) is 4.96. The van der Waals surface area contributed by atoms with Crippen molar-refractivity contribution in [1.29, 1.82) is 0 Å². The Morgan fingerprint density at radius 2 is 2.43 bits per heavy atom. The van der Waals surface area contributed by atoms with E-state index < -0.39 is 5.82 Å². The van der Waals surface area contributed by atoms with E-state index in [2.05, 4.69) is 26.2 Å². The summed E-state index contributed by atoms with van der Waals surface area (Å²) in [7, 11) is 0. The fourth-order valence-corrected chi connectivity index (χ4v) is 2.39. The smallest absolute Gasteiger partial charge is 0.226 e. The SMILES string of the molecule is O=C(CC1CCCN1)Nc1cc(-n2cnnn2)ccc1F. The number of anilines is 1. The number of nitrogens with one attached hydrogen (secondary N) is 2. The van der Waals surface area contributed by atoms with Crippen LogP contribution in [-0.2, 0) is 4.79 Å². The standard InChI is InChI=1S/C13H15FN6O/c14-11-4-3-10(20-8-16-18-19-20)7-12(11)17-13(21)6-9-2-1-5-15-9/h3-4,7-9,15H,1-2,5-6H2,(H,17,21). The maximum absolute atomic E-state index is 13.8. The van der Waals surface area contributed by atoms with Crippen molar-refractivity contribution in [1.82, 2.24) is 25.5 Å². The molecule has 2 N–H and O–H groups in total. The van der Waals surface area contributed by atoms with E-state index in [0.717, 1.165) is 19.4 Å². The highest BCUT2D eigenvalue weighted by Gasteiger charge is 2.18. The Bertz CT molecular complexity index is 624. The topological polar surface area (TPSA) is 84.7 Å². The van der Waals surface area contributed by atoms with Crippen LogP contribution in [0.2, 0.25) is 0 Å². The molecular weight excluding hydrogens is 275 g/mol. The summed E-state index contributed by atoms with van der Waals surface area (Å²) < 4.78 is 15.2. The van der Waals surface area contributed by atoms with Crippen molar-refractivity contribution in [3.05, 3.63) is 30.3 Å². The molecule has 1 aliphatic heterocycles. The van der Waals surface area contributed by atoms with Crippen LogP contribution in [0.25, 0.3) is 5.69 Å². The number of benzene rings is 1. The highest BCUT2D eigenvalue weighted by molar-refractivity contribution is 5.91. The van der Waals surface area contributed by atoms with Crippen LogP contribution in [0.3, 0.4) is 0 Å². The summed E-state index contributed by atoms with van der Waals surface area (Å²) in [6, 6.07) is 4.50. The summed E-state index contributed by atoms with van der Waals surface area (Å²) in [5, 5.41) is 16.6. The molecule has 1 saturated heterocycles. The predicted molar refractivity (Wildman–Crippen MR) is 73.4 cm³/mol. The number of tetrazole rings is 1. The van der Waals surface area contributed by atoms with Gasteiger partial charge in [0.15, 0.2) is 0 Å². The molecule has 21 heavy (non-hydrogen) atoms. The third-order valence-corrected chi connectivity index (χ3v) is 3.43. The number of hydrogen-bond acceptors (Lipinski definition) is 5. The van der Waals surface area contributed by atoms with Gasteiger partial charge >= 0.3 is 0 Å². The first kappa shape index (κ1) is 13.6. The van der Waals surface area contributed by atoms with Crippen LogP contribution >= 0.6 is 0 Å². The van der Waals surface area contributed by atoms with Crippen molar-refractivity contribution in [3.63, 3.8) is 0 Å². The molecule has 0 radical (unpaired) electrons. The first-order chi connectivity index (χ1) is 10.2. The Kier molecular flexibility index (Phi) is 3.87. The predicted octanol–water partition coefficient (Wildman–Crippen LogP) is 0.882. The van der Waals surface area contributed by atoms with E-state index in [0.29, 0.717) is 12.1 Å². The third kappa shape index (κ3) is 3.22. The zero-order valence-corrected chi connectivity index (χ0v) is 11.3. The van der Waals surface area contributed by atoms with E-state index in [1.165, 1.54) is 23.1 Å². The Balaban J connectivity index is 1.72. The first-order valence-corrected chi connectivity index (χ1v) is 6.78. The summed E-state index contributed by atoms with van der Waals surface area (Å²) in [6.07, 6.45) is 3.79. The summed E-state index contributed by atoms with van der Waals surface area (Å²) in [5.74, 6) is -0.693. The van der Waals surface area contributed by atoms with Gasteiger partial charge in [0.05, 0.1) is 11.4 Å². The van der Waals surface area contributed by atoms with Crippen molar-refractivity contribution in [3.8, 4) is 5.69 Å². The molecule has 0 saturated carbocycles. The number of halogens is 1. The molecule has 8 heteroatoms. The van der Waals surface area contributed by atoms with Gasteiger partial charge in [-0.05, 0) is 48.0 Å². The average Bonchev–Trinajstić information content (AvgIpc) is 3.14. The normalized spacial score (nSPS) is 17.9. The van der Waals surface area contributed by atoms with Gasteiger partial charge in [0.1, 0.15) is 12.1 Å². The maximum atomic E-state index is 13.8. The van der Waals surface area contributed by atoms with Gasteiger partial charge < -0.3 is 10.6 Å². The van der Waals surface area contributed by atoms with Gasteiger partial charge in [-0.1, -0.05) is 0 Å². The van der Waals surface area contributed by atoms with Crippen molar-refractivity contribution in [2.45, 2.75) is 25.3 Å². The second kappa shape index (κ2) is 5.96. The highest BCUT2D eigenvalue weighted by Crippen LogP contribution is 2.19. The lowest BCUT2D eigenvalue weighted by Crippen LogP contribution is -2.27. The Morgan fingerprint density at radius 1 is 1.52 bits per heavy atom. The molecule has 1 amide bonds. The molecule has 1 aromatic carbocycles. The number of amides is 1. The van der Waals surface area contributed by atoms with Crippen LogP contribution in [0.15, 0.2) is 24.5 Å². The first-order valence-electron chi connectivity index (χ1n) is 6.78. The lowest BCUT2D eigenvalue weighted by Gasteiger charge is -2.11. The van der Waals surface area contributed by atoms with Gasteiger partial charge in [-0.15, -0.1) is 5.10 Å². The van der Waals surface area contributed by atoms with Crippen molar-refractivity contribution in [2.24, 2.45) is 0 Å². The number of hydrogen-bond donors (Lipinski definition) is 2. The van der Waals surface area contributed by atoms with Crippen molar-refractivity contribution < 1.29 is 9.18 Å². The monoisotopic (exact) mass is 290 g/mol. The fourth-order valence-electron chi connectivity index (χ4n) is 2.39. The minimum Gasteiger partial charge on any atom is -0.323 e. The Hall–Kier alpha value is -2.35. The van der Waals surface area contributed by atoms with E-state index in [1.54, 1.807) is 6.07 Å². The van der Waals surface area contributed by atoms with Crippen LogP contribution in [0.5, 0.6) is 0 Å². The molecule has 0 aliphatic carbocycles. The zero-order chi connectivity index (χ0) is 14.7. The van der Waals surface area contributed by atoms with Crippen molar-refractivity contribution >= 4 is 11.6 Å². The Labute approximate surface area is 120 Å². The van der Waals surface area contributed by atoms with Gasteiger partial charge in [-0.2, -0.15) is 0 Å². The number of nitrogens with zero attached hydrogens (tertiary/aromatic N) is 4. The largest absolute Gasteiger partial charge is 0.323 e. The molecule has 2 heterocycles. The van der Waals surface area contributed by atoms with Gasteiger partial charge in [-0.3, -0.25) is 4.79 Å². The molecule has 1 atom stereocenters. The number of carbonyl (C=O) groups excluding carboxylic acids is 1. The molecule has 1 aliphatic rings. The number of rotatable bonds is 4. The van der Waals surface area contributed by atoms with Crippen LogP contribution in [-0.4, -0.2) is 38.7 Å². The van der Waals surface area contributed by atoms with Crippen LogP contribution in [0.1, 0.15) is 19.3 Å². The van der Waals surface area contributed by atoms with E-state index in [9.17, 15) is 9.18 Å². The molecule has 1 unspecified atom stereocenters. The quantitative estimate of drug-likeness (QED) is 0.873. The highest BCUT2D eigenvalue weighted by atomic mass is 19.1. The van der Waals surface area contributed by atoms with Gasteiger partial charge in [0.25, 0.3) is 0 Å². The van der Waals surface area contributed by atoms with E-state index in [-0.39, 0.29) is 17.6 Å². The molecule has 0 spiro atoms. The average molecular weight is 290 g/mol. The van der Waals surface area contributed by atoms with E-state index in [1.807, 2.05) is 0 Å². The van der Waals surface area contributed by atoms with Crippen LogP contribution in [0, 0.1) is 5.82 Å². The second-order valence-corrected chi connectivity index (χ2v) is 4.96. The van der Waals surface area contributed by atoms with E-state index in [4.69, 9.17) is 0 Å². The molecule has 110 valence electrons. The van der Waals surface area contributed by atoms with Gasteiger partial charge in [-0.25, -0.2) is 9.07 Å². The molecule has 3 rings (SSSR count). The molecule has 1 aromatic heterocycles. The summed E-state index contributed by atoms with van der Waals surface area (Å²) in [6.45, 7) is 0.932. The number of aromatic nitrogens is 4. The molecule has 7 nitrogen and oxygen atoms in total. The van der Waals surface area contributed by atoms with Crippen LogP contribution in [0.4, 0.5) is 10.1 Å². The summed E-state index contributed by atoms with van der Waals surface area (Å²) in [4.78, 5) is 12.0. The zero-order valence-electron chi connectivity index (χ0n) is 11.3. The minimum atomic E-state index is -0.487. The molecular formula is C13H15FN6O. The van der Waals surface area contributed by atoms with Gasteiger partial charge in [0.2, 0.25) is 5.91 Å². The summed E-state index contributed by atoms with van der Waals surface area (Å²) in [5.41, 5.74) is 0.710.